The Labute approximate surface area is 212 Å². The highest BCUT2D eigenvalue weighted by Gasteiger charge is 2.35. The number of nitrogens with zero attached hydrogens (tertiary/aromatic N) is 4. The molecule has 3 N–H and O–H groups in total. The SMILES string of the molecule is Cc1nc(NC2(C)CCCCC2)nc(NC2CCC(C(C)(C)O)C2)c1-c1nc2c(C)nccc2s1. The van der Waals surface area contributed by atoms with Gasteiger partial charge >= 0.3 is 0 Å². The van der Waals surface area contributed by atoms with Crippen LogP contribution in [0.2, 0.25) is 0 Å². The van der Waals surface area contributed by atoms with Gasteiger partial charge in [0.25, 0.3) is 0 Å². The number of aromatic nitrogens is 4. The first kappa shape index (κ1) is 24.4. The molecule has 0 aromatic carbocycles. The van der Waals surface area contributed by atoms with Gasteiger partial charge in [0.2, 0.25) is 5.95 Å². The van der Waals surface area contributed by atoms with Gasteiger partial charge in [-0.05, 0) is 78.7 Å². The summed E-state index contributed by atoms with van der Waals surface area (Å²) in [7, 11) is 0. The molecule has 7 nitrogen and oxygen atoms in total. The fourth-order valence-corrected chi connectivity index (χ4v) is 6.86. The highest BCUT2D eigenvalue weighted by molar-refractivity contribution is 7.21. The Morgan fingerprint density at radius 2 is 1.83 bits per heavy atom. The first-order valence-corrected chi connectivity index (χ1v) is 13.8. The number of rotatable bonds is 6. The summed E-state index contributed by atoms with van der Waals surface area (Å²) in [6.07, 6.45) is 10.9. The van der Waals surface area contributed by atoms with Crippen molar-refractivity contribution in [2.75, 3.05) is 10.6 Å². The maximum atomic E-state index is 10.6. The van der Waals surface area contributed by atoms with Crippen LogP contribution in [0.5, 0.6) is 0 Å². The lowest BCUT2D eigenvalue weighted by molar-refractivity contribution is 0.0197. The number of fused-ring (bicyclic) bond motifs is 1. The monoisotopic (exact) mass is 494 g/mol. The fraction of sp³-hybridized carbons (Fsp3) is 0.630. The van der Waals surface area contributed by atoms with Crippen LogP contribution < -0.4 is 10.6 Å². The minimum absolute atomic E-state index is 0.0293. The molecule has 3 heterocycles. The highest BCUT2D eigenvalue weighted by atomic mass is 32.1. The van der Waals surface area contributed by atoms with Crippen molar-refractivity contribution in [3.8, 4) is 10.6 Å². The highest BCUT2D eigenvalue weighted by Crippen LogP contribution is 2.40. The second-order valence-electron chi connectivity index (χ2n) is 11.4. The molecule has 2 atom stereocenters. The summed E-state index contributed by atoms with van der Waals surface area (Å²) in [6.45, 7) is 10.2. The summed E-state index contributed by atoms with van der Waals surface area (Å²) in [5.41, 5.74) is 3.13. The maximum Gasteiger partial charge on any atom is 0.225 e. The van der Waals surface area contributed by atoms with Crippen LogP contribution in [0.25, 0.3) is 20.8 Å². The lowest BCUT2D eigenvalue weighted by Gasteiger charge is -2.34. The van der Waals surface area contributed by atoms with Crippen molar-refractivity contribution in [1.29, 1.82) is 0 Å². The summed E-state index contributed by atoms with van der Waals surface area (Å²) in [6, 6.07) is 2.28. The lowest BCUT2D eigenvalue weighted by atomic mass is 9.83. The normalized spacial score (nSPS) is 22.5. The standard InChI is InChI=1S/C27H38N6OS/c1-16-21(24-31-22-17(2)28-14-11-20(22)35-24)23(30-19-10-9-18(15-19)26(3,4)34)32-25(29-16)33-27(5)12-7-6-8-13-27/h11,14,18-19,34H,6-10,12-13,15H2,1-5H3,(H2,29,30,32,33). The van der Waals surface area contributed by atoms with Crippen LogP contribution in [0, 0.1) is 19.8 Å². The van der Waals surface area contributed by atoms with E-state index in [2.05, 4.69) is 29.5 Å². The van der Waals surface area contributed by atoms with Crippen molar-refractivity contribution in [1.82, 2.24) is 19.9 Å². The molecule has 0 saturated heterocycles. The van der Waals surface area contributed by atoms with E-state index in [9.17, 15) is 5.11 Å². The summed E-state index contributed by atoms with van der Waals surface area (Å²) in [5, 5.41) is 18.9. The number of pyridine rings is 1. The quantitative estimate of drug-likeness (QED) is 0.373. The van der Waals surface area contributed by atoms with Crippen molar-refractivity contribution < 1.29 is 5.11 Å². The van der Waals surface area contributed by atoms with E-state index in [1.54, 1.807) is 11.3 Å². The molecule has 0 amide bonds. The number of thiazole rings is 1. The molecule has 0 radical (unpaired) electrons. The van der Waals surface area contributed by atoms with Gasteiger partial charge < -0.3 is 15.7 Å². The van der Waals surface area contributed by atoms with Crippen LogP contribution in [-0.4, -0.2) is 42.2 Å². The minimum Gasteiger partial charge on any atom is -0.390 e. The molecule has 0 aliphatic heterocycles. The average Bonchev–Trinajstić information content (AvgIpc) is 3.41. The van der Waals surface area contributed by atoms with E-state index in [0.717, 1.165) is 70.1 Å². The Bertz CT molecular complexity index is 1210. The van der Waals surface area contributed by atoms with Crippen LogP contribution in [-0.2, 0) is 0 Å². The predicted octanol–water partition coefficient (Wildman–Crippen LogP) is 6.25. The molecule has 3 aromatic heterocycles. The van der Waals surface area contributed by atoms with Crippen molar-refractivity contribution in [2.45, 2.75) is 103 Å². The third-order valence-corrected chi connectivity index (χ3v) is 8.98. The molecular formula is C27H38N6OS. The zero-order valence-electron chi connectivity index (χ0n) is 21.6. The molecule has 2 saturated carbocycles. The molecule has 8 heteroatoms. The maximum absolute atomic E-state index is 10.6. The van der Waals surface area contributed by atoms with E-state index in [1.165, 1.54) is 19.3 Å². The fourth-order valence-electron chi connectivity index (χ4n) is 5.75. The summed E-state index contributed by atoms with van der Waals surface area (Å²) >= 11 is 1.66. The zero-order valence-corrected chi connectivity index (χ0v) is 22.4. The molecule has 5 rings (SSSR count). The Morgan fingerprint density at radius 1 is 1.06 bits per heavy atom. The van der Waals surface area contributed by atoms with Crippen LogP contribution >= 0.6 is 11.3 Å². The van der Waals surface area contributed by atoms with Crippen molar-refractivity contribution in [2.24, 2.45) is 5.92 Å². The first-order valence-electron chi connectivity index (χ1n) is 13.0. The second kappa shape index (κ2) is 9.28. The third kappa shape index (κ3) is 5.14. The molecule has 2 fully saturated rings. The van der Waals surface area contributed by atoms with Gasteiger partial charge in [-0.15, -0.1) is 11.3 Å². The molecule has 188 valence electrons. The van der Waals surface area contributed by atoms with E-state index in [0.29, 0.717) is 5.95 Å². The summed E-state index contributed by atoms with van der Waals surface area (Å²) in [5.74, 6) is 1.81. The number of aliphatic hydroxyl groups is 1. The molecule has 35 heavy (non-hydrogen) atoms. The topological polar surface area (TPSA) is 95.9 Å². The predicted molar refractivity (Wildman–Crippen MR) is 144 cm³/mol. The Hall–Kier alpha value is -2.32. The van der Waals surface area contributed by atoms with Crippen molar-refractivity contribution >= 4 is 33.3 Å². The molecule has 2 aliphatic rings. The zero-order chi connectivity index (χ0) is 24.8. The van der Waals surface area contributed by atoms with Gasteiger partial charge in [0.1, 0.15) is 16.3 Å². The van der Waals surface area contributed by atoms with E-state index in [4.69, 9.17) is 15.0 Å². The first-order chi connectivity index (χ1) is 16.6. The average molecular weight is 495 g/mol. The Kier molecular flexibility index (Phi) is 6.46. The molecule has 2 aliphatic carbocycles. The van der Waals surface area contributed by atoms with Crippen LogP contribution in [0.15, 0.2) is 12.3 Å². The van der Waals surface area contributed by atoms with Gasteiger partial charge in [-0.1, -0.05) is 19.3 Å². The molecule has 0 spiro atoms. The largest absolute Gasteiger partial charge is 0.390 e. The van der Waals surface area contributed by atoms with E-state index in [1.807, 2.05) is 33.0 Å². The van der Waals surface area contributed by atoms with Gasteiger partial charge in [-0.25, -0.2) is 9.97 Å². The van der Waals surface area contributed by atoms with E-state index in [-0.39, 0.29) is 17.5 Å². The summed E-state index contributed by atoms with van der Waals surface area (Å²) in [4.78, 5) is 19.4. The van der Waals surface area contributed by atoms with E-state index < -0.39 is 5.60 Å². The van der Waals surface area contributed by atoms with E-state index >= 15 is 0 Å². The lowest BCUT2D eigenvalue weighted by Crippen LogP contribution is -2.37. The van der Waals surface area contributed by atoms with Crippen LogP contribution in [0.3, 0.4) is 0 Å². The molecular weight excluding hydrogens is 456 g/mol. The molecule has 2 unspecified atom stereocenters. The van der Waals surface area contributed by atoms with Crippen molar-refractivity contribution in [3.05, 3.63) is 23.7 Å². The molecule has 0 bridgehead atoms. The van der Waals surface area contributed by atoms with Crippen molar-refractivity contribution in [3.63, 3.8) is 0 Å². The third-order valence-electron chi connectivity index (χ3n) is 7.94. The van der Waals surface area contributed by atoms with Crippen LogP contribution in [0.4, 0.5) is 11.8 Å². The van der Waals surface area contributed by atoms with Gasteiger partial charge in [0.15, 0.2) is 0 Å². The number of nitrogens with one attached hydrogen (secondary N) is 2. The second-order valence-corrected chi connectivity index (χ2v) is 12.4. The Morgan fingerprint density at radius 3 is 2.51 bits per heavy atom. The van der Waals surface area contributed by atoms with Crippen LogP contribution in [0.1, 0.15) is 83.5 Å². The minimum atomic E-state index is -0.666. The van der Waals surface area contributed by atoms with Gasteiger partial charge in [0, 0.05) is 17.8 Å². The smallest absolute Gasteiger partial charge is 0.225 e. The van der Waals surface area contributed by atoms with Gasteiger partial charge in [-0.3, -0.25) is 4.98 Å². The number of hydrogen-bond acceptors (Lipinski definition) is 8. The number of anilines is 2. The molecule has 3 aromatic rings. The Balaban J connectivity index is 1.52. The number of aryl methyl sites for hydroxylation is 2. The van der Waals surface area contributed by atoms with Gasteiger partial charge in [0.05, 0.1) is 27.3 Å². The summed E-state index contributed by atoms with van der Waals surface area (Å²) < 4.78 is 1.12. The number of hydrogen-bond donors (Lipinski definition) is 3. The van der Waals surface area contributed by atoms with Gasteiger partial charge in [-0.2, -0.15) is 4.98 Å².